The van der Waals surface area contributed by atoms with Crippen LogP contribution in [-0.4, -0.2) is 36.6 Å². The molecule has 1 amide bonds. The fraction of sp³-hybridized carbons (Fsp3) is 0.435. The second kappa shape index (κ2) is 9.54. The van der Waals surface area contributed by atoms with Crippen molar-refractivity contribution in [2.45, 2.75) is 44.4 Å². The van der Waals surface area contributed by atoms with Crippen LogP contribution in [0.15, 0.2) is 54.5 Å². The number of benzene rings is 1. The van der Waals surface area contributed by atoms with E-state index in [1.54, 1.807) is 36.7 Å². The van der Waals surface area contributed by atoms with Crippen LogP contribution in [0, 0.1) is 0 Å². The SMILES string of the molecule is COc1ccc(C2(CNC(=O)/C(C)=C/N(C)c3ncccn3)CCCCC2)cc1. The lowest BCUT2D eigenvalue weighted by Gasteiger charge is -2.38. The van der Waals surface area contributed by atoms with Crippen LogP contribution in [-0.2, 0) is 10.2 Å². The zero-order chi connectivity index (χ0) is 20.7. The molecule has 0 radical (unpaired) electrons. The van der Waals surface area contributed by atoms with Crippen molar-refractivity contribution in [2.24, 2.45) is 0 Å². The van der Waals surface area contributed by atoms with Crippen molar-refractivity contribution in [3.8, 4) is 5.75 Å². The van der Waals surface area contributed by atoms with Gasteiger partial charge in [-0.05, 0) is 43.5 Å². The van der Waals surface area contributed by atoms with Gasteiger partial charge in [0.15, 0.2) is 0 Å². The van der Waals surface area contributed by atoms with E-state index in [1.807, 2.05) is 26.1 Å². The van der Waals surface area contributed by atoms with Crippen molar-refractivity contribution in [3.63, 3.8) is 0 Å². The van der Waals surface area contributed by atoms with Gasteiger partial charge in [0.05, 0.1) is 7.11 Å². The maximum absolute atomic E-state index is 12.8. The summed E-state index contributed by atoms with van der Waals surface area (Å²) < 4.78 is 5.30. The Hall–Kier alpha value is -2.89. The number of carbonyl (C=O) groups excluding carboxylic acids is 1. The molecule has 1 N–H and O–H groups in total. The fourth-order valence-electron chi connectivity index (χ4n) is 4.01. The monoisotopic (exact) mass is 394 g/mol. The van der Waals surface area contributed by atoms with E-state index < -0.39 is 0 Å². The van der Waals surface area contributed by atoms with Crippen LogP contribution in [0.1, 0.15) is 44.6 Å². The number of aromatic nitrogens is 2. The highest BCUT2D eigenvalue weighted by Gasteiger charge is 2.34. The summed E-state index contributed by atoms with van der Waals surface area (Å²) in [5.74, 6) is 1.35. The van der Waals surface area contributed by atoms with Gasteiger partial charge >= 0.3 is 0 Å². The molecular formula is C23H30N4O2. The first-order valence-electron chi connectivity index (χ1n) is 10.2. The molecule has 0 unspecified atom stereocenters. The molecule has 0 atom stereocenters. The first-order valence-corrected chi connectivity index (χ1v) is 10.2. The molecule has 29 heavy (non-hydrogen) atoms. The quantitative estimate of drug-likeness (QED) is 0.723. The number of methoxy groups -OCH3 is 1. The number of amides is 1. The number of anilines is 1. The summed E-state index contributed by atoms with van der Waals surface area (Å²) in [6.07, 6.45) is 10.9. The van der Waals surface area contributed by atoms with E-state index in [9.17, 15) is 4.79 Å². The van der Waals surface area contributed by atoms with E-state index in [4.69, 9.17) is 4.74 Å². The van der Waals surface area contributed by atoms with Crippen molar-refractivity contribution in [1.82, 2.24) is 15.3 Å². The highest BCUT2D eigenvalue weighted by atomic mass is 16.5. The zero-order valence-corrected chi connectivity index (χ0v) is 17.5. The van der Waals surface area contributed by atoms with Gasteiger partial charge in [0, 0.05) is 43.2 Å². The van der Waals surface area contributed by atoms with Gasteiger partial charge in [0.2, 0.25) is 11.9 Å². The molecule has 6 nitrogen and oxygen atoms in total. The molecule has 1 aliphatic carbocycles. The number of carbonyl (C=O) groups is 1. The Kier molecular flexibility index (Phi) is 6.86. The minimum Gasteiger partial charge on any atom is -0.497 e. The normalized spacial score (nSPS) is 16.2. The van der Waals surface area contributed by atoms with Crippen LogP contribution < -0.4 is 15.0 Å². The largest absolute Gasteiger partial charge is 0.497 e. The highest BCUT2D eigenvalue weighted by molar-refractivity contribution is 5.93. The van der Waals surface area contributed by atoms with Gasteiger partial charge < -0.3 is 15.0 Å². The van der Waals surface area contributed by atoms with Crippen molar-refractivity contribution in [3.05, 3.63) is 60.1 Å². The van der Waals surface area contributed by atoms with Crippen LogP contribution in [0.5, 0.6) is 5.75 Å². The van der Waals surface area contributed by atoms with E-state index in [-0.39, 0.29) is 11.3 Å². The van der Waals surface area contributed by atoms with E-state index in [0.717, 1.165) is 18.6 Å². The van der Waals surface area contributed by atoms with E-state index in [0.29, 0.717) is 18.1 Å². The molecule has 154 valence electrons. The highest BCUT2D eigenvalue weighted by Crippen LogP contribution is 2.39. The van der Waals surface area contributed by atoms with E-state index >= 15 is 0 Å². The lowest BCUT2D eigenvalue weighted by Crippen LogP contribution is -2.42. The van der Waals surface area contributed by atoms with Gasteiger partial charge in [-0.2, -0.15) is 0 Å². The van der Waals surface area contributed by atoms with Crippen molar-refractivity contribution in [1.29, 1.82) is 0 Å². The third kappa shape index (κ3) is 5.13. The molecule has 1 heterocycles. The molecule has 1 saturated carbocycles. The molecule has 1 aliphatic rings. The topological polar surface area (TPSA) is 67.3 Å². The van der Waals surface area contributed by atoms with Crippen LogP contribution >= 0.6 is 0 Å². The van der Waals surface area contributed by atoms with Gasteiger partial charge in [-0.1, -0.05) is 31.4 Å². The minimum absolute atomic E-state index is 0.0189. The molecule has 0 spiro atoms. The maximum Gasteiger partial charge on any atom is 0.248 e. The van der Waals surface area contributed by atoms with Gasteiger partial charge in [-0.25, -0.2) is 9.97 Å². The summed E-state index contributed by atoms with van der Waals surface area (Å²) in [6, 6.07) is 10.1. The average molecular weight is 395 g/mol. The second-order valence-electron chi connectivity index (χ2n) is 7.72. The molecule has 1 fully saturated rings. The Labute approximate surface area is 173 Å². The van der Waals surface area contributed by atoms with Crippen molar-refractivity contribution >= 4 is 11.9 Å². The van der Waals surface area contributed by atoms with Crippen LogP contribution in [0.2, 0.25) is 0 Å². The smallest absolute Gasteiger partial charge is 0.248 e. The predicted molar refractivity (Wildman–Crippen MR) is 115 cm³/mol. The Balaban J connectivity index is 1.70. The summed E-state index contributed by atoms with van der Waals surface area (Å²) in [4.78, 5) is 22.9. The number of ether oxygens (including phenoxy) is 1. The van der Waals surface area contributed by atoms with Gasteiger partial charge in [0.1, 0.15) is 5.75 Å². The summed E-state index contributed by atoms with van der Waals surface area (Å²) in [6.45, 7) is 2.45. The standard InChI is InChI=1S/C23H30N4O2/c1-18(16-27(2)22-24-14-7-15-25-22)21(28)26-17-23(12-5-4-6-13-23)19-8-10-20(29-3)11-9-19/h7-11,14-16H,4-6,12-13,17H2,1-3H3,(H,26,28)/b18-16+. The predicted octanol–water partition coefficient (Wildman–Crippen LogP) is 3.84. The Morgan fingerprint density at radius 2 is 1.83 bits per heavy atom. The third-order valence-electron chi connectivity index (χ3n) is 5.71. The molecule has 6 heteroatoms. The van der Waals surface area contributed by atoms with Gasteiger partial charge in [0.25, 0.3) is 0 Å². The second-order valence-corrected chi connectivity index (χ2v) is 7.72. The van der Waals surface area contributed by atoms with Gasteiger partial charge in [-0.3, -0.25) is 4.79 Å². The summed E-state index contributed by atoms with van der Waals surface area (Å²) >= 11 is 0. The number of hydrogen-bond donors (Lipinski definition) is 1. The fourth-order valence-corrected chi connectivity index (χ4v) is 4.01. The van der Waals surface area contributed by atoms with Crippen molar-refractivity contribution < 1.29 is 9.53 Å². The molecule has 0 saturated heterocycles. The molecular weight excluding hydrogens is 364 g/mol. The zero-order valence-electron chi connectivity index (χ0n) is 17.5. The van der Waals surface area contributed by atoms with Crippen LogP contribution in [0.25, 0.3) is 0 Å². The molecule has 1 aromatic carbocycles. The van der Waals surface area contributed by atoms with E-state index in [1.165, 1.54) is 24.8 Å². The number of nitrogens with zero attached hydrogens (tertiary/aromatic N) is 3. The first kappa shape index (κ1) is 20.8. The Bertz CT molecular complexity index is 828. The van der Waals surface area contributed by atoms with E-state index in [2.05, 4.69) is 27.4 Å². The molecule has 0 bridgehead atoms. The maximum atomic E-state index is 12.8. The Morgan fingerprint density at radius 1 is 1.17 bits per heavy atom. The lowest BCUT2D eigenvalue weighted by molar-refractivity contribution is -0.117. The molecule has 3 rings (SSSR count). The van der Waals surface area contributed by atoms with Crippen molar-refractivity contribution in [2.75, 3.05) is 25.6 Å². The lowest BCUT2D eigenvalue weighted by atomic mass is 9.69. The summed E-state index contributed by atoms with van der Waals surface area (Å²) in [5, 5.41) is 3.17. The molecule has 2 aromatic rings. The van der Waals surface area contributed by atoms with Crippen LogP contribution in [0.3, 0.4) is 0 Å². The average Bonchev–Trinajstić information content (AvgIpc) is 2.78. The summed E-state index contributed by atoms with van der Waals surface area (Å²) in [5.41, 5.74) is 1.88. The first-order chi connectivity index (χ1) is 14.0. The minimum atomic E-state index is -0.0637. The number of rotatable bonds is 7. The molecule has 1 aromatic heterocycles. The number of hydrogen-bond acceptors (Lipinski definition) is 5. The Morgan fingerprint density at radius 3 is 2.45 bits per heavy atom. The molecule has 0 aliphatic heterocycles. The van der Waals surface area contributed by atoms with Crippen LogP contribution in [0.4, 0.5) is 5.95 Å². The number of nitrogens with one attached hydrogen (secondary N) is 1. The summed E-state index contributed by atoms with van der Waals surface area (Å²) in [7, 11) is 3.52. The van der Waals surface area contributed by atoms with Gasteiger partial charge in [-0.15, -0.1) is 0 Å². The third-order valence-corrected chi connectivity index (χ3v) is 5.71.